The molecule has 3 bridgehead atoms. The Morgan fingerprint density at radius 1 is 1.13 bits per heavy atom. The first kappa shape index (κ1) is 18.7. The van der Waals surface area contributed by atoms with Crippen molar-refractivity contribution in [3.63, 3.8) is 0 Å². The van der Waals surface area contributed by atoms with Gasteiger partial charge >= 0.3 is 6.09 Å². The van der Waals surface area contributed by atoms with Crippen LogP contribution < -0.4 is 9.47 Å². The third kappa shape index (κ3) is 2.93. The Labute approximate surface area is 172 Å². The Morgan fingerprint density at radius 3 is 2.77 bits per heavy atom. The smallest absolute Gasteiger partial charge is 0.407 e. The summed E-state index contributed by atoms with van der Waals surface area (Å²) in [6.45, 7) is 0.270. The zero-order chi connectivity index (χ0) is 20.8. The molecule has 0 spiro atoms. The number of carbonyl (C=O) groups excluding carboxylic acids is 1. The van der Waals surface area contributed by atoms with Crippen LogP contribution in [0.15, 0.2) is 42.5 Å². The van der Waals surface area contributed by atoms with Crippen LogP contribution in [-0.4, -0.2) is 54.5 Å². The van der Waals surface area contributed by atoms with Gasteiger partial charge in [-0.3, -0.25) is 4.79 Å². The fourth-order valence-corrected chi connectivity index (χ4v) is 4.58. The van der Waals surface area contributed by atoms with Crippen LogP contribution in [-0.2, 0) is 4.74 Å². The summed E-state index contributed by atoms with van der Waals surface area (Å²) in [7, 11) is 1.60. The molecule has 2 heterocycles. The molecule has 3 aromatic carbocycles. The summed E-state index contributed by atoms with van der Waals surface area (Å²) in [4.78, 5) is 26.7. The van der Waals surface area contributed by atoms with Crippen molar-refractivity contribution < 1.29 is 28.9 Å². The van der Waals surface area contributed by atoms with Crippen molar-refractivity contribution in [2.45, 2.75) is 25.0 Å². The number of hydrogen-bond acceptors (Lipinski definition) is 5. The summed E-state index contributed by atoms with van der Waals surface area (Å²) in [5, 5.41) is 13.1. The summed E-state index contributed by atoms with van der Waals surface area (Å²) in [5.41, 5.74) is 0.515. The molecule has 1 amide bonds. The van der Waals surface area contributed by atoms with Crippen LogP contribution in [0, 0.1) is 0 Å². The maximum absolute atomic E-state index is 13.7. The highest BCUT2D eigenvalue weighted by atomic mass is 16.7. The maximum Gasteiger partial charge on any atom is 0.407 e. The van der Waals surface area contributed by atoms with E-state index in [1.807, 2.05) is 42.5 Å². The molecule has 0 aromatic heterocycles. The first-order chi connectivity index (χ1) is 14.6. The van der Waals surface area contributed by atoms with Gasteiger partial charge in [0.2, 0.25) is 0 Å². The van der Waals surface area contributed by atoms with Crippen molar-refractivity contribution in [3.8, 4) is 11.5 Å². The van der Waals surface area contributed by atoms with Crippen molar-refractivity contribution in [3.05, 3.63) is 48.0 Å². The number of hydrogen-bond donors (Lipinski definition) is 1. The lowest BCUT2D eigenvalue weighted by Crippen LogP contribution is -2.47. The van der Waals surface area contributed by atoms with Gasteiger partial charge in [0, 0.05) is 12.1 Å². The van der Waals surface area contributed by atoms with Gasteiger partial charge in [0.25, 0.3) is 0 Å². The number of rotatable bonds is 2. The molecule has 0 aliphatic carbocycles. The monoisotopic (exact) mass is 407 g/mol. The van der Waals surface area contributed by atoms with Crippen LogP contribution in [0.25, 0.3) is 21.5 Å². The second-order valence-electron chi connectivity index (χ2n) is 7.62. The van der Waals surface area contributed by atoms with Crippen LogP contribution >= 0.6 is 0 Å². The molecule has 0 saturated carbocycles. The van der Waals surface area contributed by atoms with Gasteiger partial charge in [0.1, 0.15) is 17.6 Å². The summed E-state index contributed by atoms with van der Waals surface area (Å²) >= 11 is 0. The molecule has 1 fully saturated rings. The van der Waals surface area contributed by atoms with E-state index >= 15 is 0 Å². The molecule has 2 atom stereocenters. The Kier molecular flexibility index (Phi) is 4.47. The fourth-order valence-electron chi connectivity index (χ4n) is 4.58. The van der Waals surface area contributed by atoms with E-state index in [1.165, 1.54) is 4.90 Å². The number of benzene rings is 3. The second-order valence-corrected chi connectivity index (χ2v) is 7.62. The number of amides is 1. The molecule has 1 N–H and O–H groups in total. The average molecular weight is 407 g/mol. The Balaban J connectivity index is 1.72. The topological polar surface area (TPSA) is 85.3 Å². The predicted molar refractivity (Wildman–Crippen MR) is 110 cm³/mol. The molecule has 5 rings (SSSR count). The minimum Gasteiger partial charge on any atom is -0.497 e. The molecule has 30 heavy (non-hydrogen) atoms. The van der Waals surface area contributed by atoms with Gasteiger partial charge in [-0.1, -0.05) is 6.07 Å². The van der Waals surface area contributed by atoms with E-state index in [4.69, 9.17) is 14.2 Å². The first-order valence-corrected chi connectivity index (χ1v) is 9.89. The largest absolute Gasteiger partial charge is 0.497 e. The van der Waals surface area contributed by atoms with E-state index in [0.717, 1.165) is 21.5 Å². The van der Waals surface area contributed by atoms with Gasteiger partial charge in [-0.25, -0.2) is 4.79 Å². The molecule has 1 saturated heterocycles. The second kappa shape index (κ2) is 7.18. The Morgan fingerprint density at radius 2 is 1.97 bits per heavy atom. The van der Waals surface area contributed by atoms with Gasteiger partial charge in [0.05, 0.1) is 13.2 Å². The van der Waals surface area contributed by atoms with E-state index in [-0.39, 0.29) is 12.6 Å². The highest BCUT2D eigenvalue weighted by Crippen LogP contribution is 2.36. The summed E-state index contributed by atoms with van der Waals surface area (Å²) in [6.07, 6.45) is -0.708. The molecular weight excluding hydrogens is 386 g/mol. The number of carboxylic acid groups (broad SMARTS) is 1. The number of fused-ring (bicyclic) bond motifs is 5. The van der Waals surface area contributed by atoms with Crippen molar-refractivity contribution in [2.24, 2.45) is 0 Å². The first-order valence-electron chi connectivity index (χ1n) is 9.89. The van der Waals surface area contributed by atoms with E-state index in [9.17, 15) is 14.7 Å². The number of ketones is 1. The lowest BCUT2D eigenvalue weighted by atomic mass is 9.91. The zero-order valence-electron chi connectivity index (χ0n) is 16.5. The molecule has 7 heteroatoms. The lowest BCUT2D eigenvalue weighted by molar-refractivity contribution is -0.0489. The van der Waals surface area contributed by atoms with Crippen molar-refractivity contribution in [2.75, 3.05) is 20.4 Å². The molecule has 2 aliphatic rings. The normalized spacial score (nSPS) is 21.4. The fraction of sp³-hybridized carbons (Fsp3) is 0.304. The van der Waals surface area contributed by atoms with Gasteiger partial charge in [-0.05, 0) is 70.8 Å². The van der Waals surface area contributed by atoms with Gasteiger partial charge < -0.3 is 24.2 Å². The van der Waals surface area contributed by atoms with Crippen LogP contribution in [0.4, 0.5) is 4.79 Å². The predicted octanol–water partition coefficient (Wildman–Crippen LogP) is 4.06. The SMILES string of the molecule is COc1ccc2c3cc4cc(ccc4c2c1)OCO[C@H]([C@@H]1CCCN1C(=O)O)C3=O. The standard InChI is InChI=1S/C23H21NO6/c1-28-14-4-7-17-18(11-14)16-6-5-15-9-13(16)10-19(17)21(25)22(30-12-29-15)20-3-2-8-24(20)23(26)27/h4-7,9-11,20,22H,2-3,8,12H2,1H3,(H,26,27)/t20-,22+/m0/s1. The highest BCUT2D eigenvalue weighted by molar-refractivity contribution is 6.19. The van der Waals surface area contributed by atoms with Crippen molar-refractivity contribution in [1.29, 1.82) is 0 Å². The van der Waals surface area contributed by atoms with Gasteiger partial charge in [-0.15, -0.1) is 0 Å². The van der Waals surface area contributed by atoms with Gasteiger partial charge in [-0.2, -0.15) is 0 Å². The zero-order valence-corrected chi connectivity index (χ0v) is 16.5. The third-order valence-corrected chi connectivity index (χ3v) is 6.02. The Hall–Kier alpha value is -3.32. The molecule has 7 nitrogen and oxygen atoms in total. The van der Waals surface area contributed by atoms with Gasteiger partial charge in [0.15, 0.2) is 12.6 Å². The van der Waals surface area contributed by atoms with Crippen molar-refractivity contribution >= 4 is 33.4 Å². The molecule has 154 valence electrons. The summed E-state index contributed by atoms with van der Waals surface area (Å²) in [5.74, 6) is 1.09. The number of likely N-dealkylation sites (tertiary alicyclic amines) is 1. The quantitative estimate of drug-likeness (QED) is 0.645. The minimum absolute atomic E-state index is 0.123. The number of methoxy groups -OCH3 is 1. The average Bonchev–Trinajstić information content (AvgIpc) is 3.24. The number of Topliss-reactive ketones (excluding diaryl/α,β-unsaturated/α-hetero) is 1. The van der Waals surface area contributed by atoms with Crippen LogP contribution in [0.1, 0.15) is 23.2 Å². The summed E-state index contributed by atoms with van der Waals surface area (Å²) in [6, 6.07) is 12.6. The third-order valence-electron chi connectivity index (χ3n) is 6.02. The van der Waals surface area contributed by atoms with Crippen LogP contribution in [0.3, 0.4) is 0 Å². The highest BCUT2D eigenvalue weighted by Gasteiger charge is 2.40. The van der Waals surface area contributed by atoms with E-state index < -0.39 is 18.2 Å². The molecule has 0 radical (unpaired) electrons. The van der Waals surface area contributed by atoms with Crippen LogP contribution in [0.5, 0.6) is 11.5 Å². The number of carbonyl (C=O) groups is 2. The van der Waals surface area contributed by atoms with E-state index in [0.29, 0.717) is 36.4 Å². The minimum atomic E-state index is -1.04. The lowest BCUT2D eigenvalue weighted by Gasteiger charge is -2.30. The molecular formula is C23H21NO6. The number of ether oxygens (including phenoxy) is 3. The number of nitrogens with zero attached hydrogens (tertiary/aromatic N) is 1. The molecule has 2 aliphatic heterocycles. The summed E-state index contributed by atoms with van der Waals surface area (Å²) < 4.78 is 17.0. The molecule has 0 unspecified atom stereocenters. The Bertz CT molecular complexity index is 1170. The molecule has 3 aromatic rings. The maximum atomic E-state index is 13.7. The van der Waals surface area contributed by atoms with Crippen molar-refractivity contribution in [1.82, 2.24) is 4.90 Å². The van der Waals surface area contributed by atoms with E-state index in [1.54, 1.807) is 7.11 Å². The van der Waals surface area contributed by atoms with Crippen LogP contribution in [0.2, 0.25) is 0 Å². The van der Waals surface area contributed by atoms with E-state index in [2.05, 4.69) is 0 Å².